The van der Waals surface area contributed by atoms with E-state index in [1.807, 2.05) is 38.1 Å². The standard InChI is InChI=1S/C23H27NO6/c1-5-19(17-8-6-15(2)7-9-17)24-22(26)13-30-23(27)14-29-20-11-10-18(16(3)25)12-21(20)28-4/h6-12,19H,5,13-14H2,1-4H3,(H,24,26)/t19-/m1/s1. The number of Topliss-reactive ketones (excluding diaryl/α,β-unsaturated/α-hetero) is 1. The average Bonchev–Trinajstić information content (AvgIpc) is 2.75. The zero-order chi connectivity index (χ0) is 22.1. The molecule has 2 aromatic rings. The van der Waals surface area contributed by atoms with Gasteiger partial charge in [-0.05, 0) is 44.0 Å². The quantitative estimate of drug-likeness (QED) is 0.474. The van der Waals surface area contributed by atoms with Gasteiger partial charge < -0.3 is 19.5 Å². The number of ketones is 1. The maximum Gasteiger partial charge on any atom is 0.344 e. The van der Waals surface area contributed by atoms with Crippen molar-refractivity contribution in [3.05, 3.63) is 59.2 Å². The van der Waals surface area contributed by atoms with Crippen LogP contribution in [0.3, 0.4) is 0 Å². The van der Waals surface area contributed by atoms with Crippen LogP contribution < -0.4 is 14.8 Å². The summed E-state index contributed by atoms with van der Waals surface area (Å²) in [5.74, 6) is -0.557. The fourth-order valence-corrected chi connectivity index (χ4v) is 2.79. The highest BCUT2D eigenvalue weighted by Crippen LogP contribution is 2.28. The van der Waals surface area contributed by atoms with Gasteiger partial charge in [-0.25, -0.2) is 4.79 Å². The number of benzene rings is 2. The van der Waals surface area contributed by atoms with Crippen LogP contribution in [-0.4, -0.2) is 38.0 Å². The SMILES string of the molecule is CC[C@@H](NC(=O)COC(=O)COc1ccc(C(C)=O)cc1OC)c1ccc(C)cc1. The summed E-state index contributed by atoms with van der Waals surface area (Å²) in [4.78, 5) is 35.5. The molecule has 7 nitrogen and oxygen atoms in total. The molecule has 2 rings (SSSR count). The van der Waals surface area contributed by atoms with E-state index in [-0.39, 0.29) is 17.7 Å². The minimum absolute atomic E-state index is 0.110. The maximum absolute atomic E-state index is 12.2. The number of rotatable bonds is 10. The summed E-state index contributed by atoms with van der Waals surface area (Å²) in [6.45, 7) is 4.62. The molecule has 0 spiro atoms. The van der Waals surface area contributed by atoms with E-state index < -0.39 is 19.2 Å². The summed E-state index contributed by atoms with van der Waals surface area (Å²) in [7, 11) is 1.44. The Morgan fingerprint density at radius 2 is 1.70 bits per heavy atom. The first kappa shape index (κ1) is 22.9. The molecule has 0 bridgehead atoms. The first-order valence-corrected chi connectivity index (χ1v) is 9.67. The second-order valence-corrected chi connectivity index (χ2v) is 6.81. The molecule has 2 aromatic carbocycles. The fraction of sp³-hybridized carbons (Fsp3) is 0.348. The van der Waals surface area contributed by atoms with E-state index in [1.165, 1.54) is 20.1 Å². The monoisotopic (exact) mass is 413 g/mol. The second kappa shape index (κ2) is 11.0. The summed E-state index contributed by atoms with van der Waals surface area (Å²) >= 11 is 0. The van der Waals surface area contributed by atoms with Crippen LogP contribution in [0.4, 0.5) is 0 Å². The van der Waals surface area contributed by atoms with E-state index in [1.54, 1.807) is 12.1 Å². The topological polar surface area (TPSA) is 90.9 Å². The highest BCUT2D eigenvalue weighted by molar-refractivity contribution is 5.94. The number of esters is 1. The van der Waals surface area contributed by atoms with Crippen molar-refractivity contribution in [1.29, 1.82) is 0 Å². The molecule has 0 radical (unpaired) electrons. The molecule has 160 valence electrons. The van der Waals surface area contributed by atoms with Gasteiger partial charge in [0, 0.05) is 5.56 Å². The number of ether oxygens (including phenoxy) is 3. The minimum atomic E-state index is -0.689. The van der Waals surface area contributed by atoms with Crippen molar-refractivity contribution in [3.63, 3.8) is 0 Å². The molecule has 0 aromatic heterocycles. The molecule has 0 aliphatic heterocycles. The van der Waals surface area contributed by atoms with E-state index in [9.17, 15) is 14.4 Å². The lowest BCUT2D eigenvalue weighted by molar-refractivity contribution is -0.150. The van der Waals surface area contributed by atoms with Crippen LogP contribution >= 0.6 is 0 Å². The van der Waals surface area contributed by atoms with Crippen LogP contribution in [0.2, 0.25) is 0 Å². The lowest BCUT2D eigenvalue weighted by Gasteiger charge is -2.17. The number of hydrogen-bond donors (Lipinski definition) is 1. The molecule has 7 heteroatoms. The van der Waals surface area contributed by atoms with Crippen molar-refractivity contribution in [2.75, 3.05) is 20.3 Å². The Hall–Kier alpha value is -3.35. The predicted molar refractivity (Wildman–Crippen MR) is 112 cm³/mol. The van der Waals surface area contributed by atoms with Crippen LogP contribution in [0, 0.1) is 6.92 Å². The number of aryl methyl sites for hydroxylation is 1. The van der Waals surface area contributed by atoms with Crippen molar-refractivity contribution in [2.45, 2.75) is 33.2 Å². The number of methoxy groups -OCH3 is 1. The highest BCUT2D eigenvalue weighted by atomic mass is 16.6. The van der Waals surface area contributed by atoms with Gasteiger partial charge in [0.15, 0.2) is 30.5 Å². The molecule has 1 atom stereocenters. The molecular formula is C23H27NO6. The minimum Gasteiger partial charge on any atom is -0.493 e. The van der Waals surface area contributed by atoms with Gasteiger partial charge in [0.25, 0.3) is 5.91 Å². The normalized spacial score (nSPS) is 11.3. The van der Waals surface area contributed by atoms with Crippen LogP contribution in [0.15, 0.2) is 42.5 Å². The van der Waals surface area contributed by atoms with Gasteiger partial charge in [0.2, 0.25) is 0 Å². The molecule has 0 saturated carbocycles. The van der Waals surface area contributed by atoms with Gasteiger partial charge in [-0.15, -0.1) is 0 Å². The Bertz CT molecular complexity index is 891. The Kier molecular flexibility index (Phi) is 8.41. The van der Waals surface area contributed by atoms with Crippen LogP contribution in [-0.2, 0) is 14.3 Å². The Morgan fingerprint density at radius 1 is 1.00 bits per heavy atom. The second-order valence-electron chi connectivity index (χ2n) is 6.81. The zero-order valence-corrected chi connectivity index (χ0v) is 17.7. The van der Waals surface area contributed by atoms with Crippen molar-refractivity contribution in [1.82, 2.24) is 5.32 Å². The number of amides is 1. The van der Waals surface area contributed by atoms with E-state index >= 15 is 0 Å². The first-order valence-electron chi connectivity index (χ1n) is 9.67. The van der Waals surface area contributed by atoms with Crippen molar-refractivity contribution in [2.24, 2.45) is 0 Å². The lowest BCUT2D eigenvalue weighted by atomic mass is 10.0. The Balaban J connectivity index is 1.83. The Morgan fingerprint density at radius 3 is 2.30 bits per heavy atom. The van der Waals surface area contributed by atoms with Crippen LogP contribution in [0.25, 0.3) is 0 Å². The summed E-state index contributed by atoms with van der Waals surface area (Å²) in [5.41, 5.74) is 2.60. The van der Waals surface area contributed by atoms with E-state index in [2.05, 4.69) is 5.32 Å². The third kappa shape index (κ3) is 6.62. The first-order chi connectivity index (χ1) is 14.3. The summed E-state index contributed by atoms with van der Waals surface area (Å²) < 4.78 is 15.6. The molecule has 1 amide bonds. The maximum atomic E-state index is 12.2. The molecule has 0 aliphatic carbocycles. The van der Waals surface area contributed by atoms with Crippen molar-refractivity contribution < 1.29 is 28.6 Å². The molecule has 0 fully saturated rings. The number of nitrogens with one attached hydrogen (secondary N) is 1. The largest absolute Gasteiger partial charge is 0.493 e. The molecular weight excluding hydrogens is 386 g/mol. The predicted octanol–water partition coefficient (Wildman–Crippen LogP) is 3.40. The summed E-state index contributed by atoms with van der Waals surface area (Å²) in [5, 5.41) is 2.86. The molecule has 1 N–H and O–H groups in total. The molecule has 0 aliphatic rings. The molecule has 0 unspecified atom stereocenters. The molecule has 0 heterocycles. The van der Waals surface area contributed by atoms with E-state index in [4.69, 9.17) is 14.2 Å². The number of carbonyl (C=O) groups excluding carboxylic acids is 3. The van der Waals surface area contributed by atoms with Crippen molar-refractivity contribution in [3.8, 4) is 11.5 Å². The third-order valence-electron chi connectivity index (χ3n) is 4.50. The number of carbonyl (C=O) groups is 3. The van der Waals surface area contributed by atoms with Gasteiger partial charge in [0.05, 0.1) is 13.2 Å². The lowest BCUT2D eigenvalue weighted by Crippen LogP contribution is -2.33. The molecule has 0 saturated heterocycles. The van der Waals surface area contributed by atoms with Gasteiger partial charge >= 0.3 is 5.97 Å². The van der Waals surface area contributed by atoms with Gasteiger partial charge in [-0.2, -0.15) is 0 Å². The smallest absolute Gasteiger partial charge is 0.344 e. The fourth-order valence-electron chi connectivity index (χ4n) is 2.79. The summed E-state index contributed by atoms with van der Waals surface area (Å²) in [6.07, 6.45) is 0.710. The number of hydrogen-bond acceptors (Lipinski definition) is 6. The van der Waals surface area contributed by atoms with Gasteiger partial charge in [0.1, 0.15) is 0 Å². The van der Waals surface area contributed by atoms with E-state index in [0.29, 0.717) is 23.5 Å². The van der Waals surface area contributed by atoms with Gasteiger partial charge in [-0.3, -0.25) is 9.59 Å². The summed E-state index contributed by atoms with van der Waals surface area (Å²) in [6, 6.07) is 12.4. The zero-order valence-electron chi connectivity index (χ0n) is 17.7. The average molecular weight is 413 g/mol. The third-order valence-corrected chi connectivity index (χ3v) is 4.50. The Labute approximate surface area is 176 Å². The van der Waals surface area contributed by atoms with Gasteiger partial charge in [-0.1, -0.05) is 36.8 Å². The molecule has 30 heavy (non-hydrogen) atoms. The van der Waals surface area contributed by atoms with E-state index in [0.717, 1.165) is 11.1 Å². The van der Waals surface area contributed by atoms with Crippen LogP contribution in [0.1, 0.15) is 47.8 Å². The van der Waals surface area contributed by atoms with Crippen LogP contribution in [0.5, 0.6) is 11.5 Å². The van der Waals surface area contributed by atoms with Crippen molar-refractivity contribution >= 4 is 17.7 Å². The highest BCUT2D eigenvalue weighted by Gasteiger charge is 2.15.